The molecule has 1 N–H and O–H groups in total. The lowest BCUT2D eigenvalue weighted by molar-refractivity contribution is -0.130. The third-order valence-corrected chi connectivity index (χ3v) is 4.15. The monoisotopic (exact) mass is 287 g/mol. The number of nitrogens with zero attached hydrogens (tertiary/aromatic N) is 4. The summed E-state index contributed by atoms with van der Waals surface area (Å²) in [5.41, 5.74) is 3.34. The van der Waals surface area contributed by atoms with Gasteiger partial charge in [-0.05, 0) is 31.9 Å². The van der Waals surface area contributed by atoms with Crippen LogP contribution in [0.4, 0.5) is 0 Å². The number of aryl methyl sites for hydroxylation is 3. The van der Waals surface area contributed by atoms with Gasteiger partial charge in [0, 0.05) is 43.9 Å². The summed E-state index contributed by atoms with van der Waals surface area (Å²) in [5, 5.41) is 11.4. The van der Waals surface area contributed by atoms with Crippen LogP contribution in [0.2, 0.25) is 0 Å². The van der Waals surface area contributed by atoms with E-state index in [0.717, 1.165) is 25.2 Å². The maximum atomic E-state index is 12.3. The van der Waals surface area contributed by atoms with Crippen molar-refractivity contribution in [2.75, 3.05) is 13.1 Å². The van der Waals surface area contributed by atoms with Crippen LogP contribution in [0, 0.1) is 13.8 Å². The van der Waals surface area contributed by atoms with E-state index < -0.39 is 0 Å². The summed E-state index contributed by atoms with van der Waals surface area (Å²) in [6, 6.07) is 1.96. The summed E-state index contributed by atoms with van der Waals surface area (Å²) in [6.45, 7) is 6.29. The predicted octanol–water partition coefficient (Wildman–Crippen LogP) is 1.63. The van der Waals surface area contributed by atoms with Gasteiger partial charge < -0.3 is 4.90 Å². The van der Waals surface area contributed by atoms with Gasteiger partial charge in [-0.2, -0.15) is 10.2 Å². The quantitative estimate of drug-likeness (QED) is 0.929. The van der Waals surface area contributed by atoms with Gasteiger partial charge in [0.05, 0.1) is 11.9 Å². The van der Waals surface area contributed by atoms with Crippen LogP contribution in [-0.4, -0.2) is 43.9 Å². The molecule has 0 radical (unpaired) electrons. The molecule has 6 nitrogen and oxygen atoms in total. The number of H-pyrrole nitrogens is 1. The maximum absolute atomic E-state index is 12.3. The van der Waals surface area contributed by atoms with Crippen molar-refractivity contribution in [3.8, 4) is 0 Å². The lowest BCUT2D eigenvalue weighted by Crippen LogP contribution is -2.29. The first-order valence-electron chi connectivity index (χ1n) is 7.41. The van der Waals surface area contributed by atoms with E-state index >= 15 is 0 Å². The summed E-state index contributed by atoms with van der Waals surface area (Å²) in [5.74, 6) is 0.603. The van der Waals surface area contributed by atoms with Gasteiger partial charge in [-0.15, -0.1) is 0 Å². The lowest BCUT2D eigenvalue weighted by Gasteiger charge is -2.16. The molecule has 21 heavy (non-hydrogen) atoms. The van der Waals surface area contributed by atoms with Gasteiger partial charge in [0.1, 0.15) is 0 Å². The number of nitrogens with one attached hydrogen (secondary N) is 1. The summed E-state index contributed by atoms with van der Waals surface area (Å²) in [4.78, 5) is 14.2. The van der Waals surface area contributed by atoms with Crippen LogP contribution < -0.4 is 0 Å². The molecule has 0 saturated carbocycles. The number of aromatic nitrogens is 4. The molecular weight excluding hydrogens is 266 g/mol. The van der Waals surface area contributed by atoms with Gasteiger partial charge >= 0.3 is 0 Å². The lowest BCUT2D eigenvalue weighted by atomic mass is 10.0. The first kappa shape index (κ1) is 13.9. The Labute approximate surface area is 124 Å². The predicted molar refractivity (Wildman–Crippen MR) is 78.8 cm³/mol. The zero-order valence-corrected chi connectivity index (χ0v) is 12.5. The Morgan fingerprint density at radius 1 is 1.48 bits per heavy atom. The molecule has 1 unspecified atom stereocenters. The summed E-state index contributed by atoms with van der Waals surface area (Å²) < 4.78 is 1.83. The number of hydrogen-bond acceptors (Lipinski definition) is 3. The minimum atomic E-state index is 0.211. The Balaban J connectivity index is 1.53. The fourth-order valence-corrected chi connectivity index (χ4v) is 2.95. The smallest absolute Gasteiger partial charge is 0.224 e. The van der Waals surface area contributed by atoms with Crippen LogP contribution in [0.3, 0.4) is 0 Å². The second-order valence-electron chi connectivity index (χ2n) is 5.76. The van der Waals surface area contributed by atoms with Crippen LogP contribution in [-0.2, 0) is 11.3 Å². The summed E-state index contributed by atoms with van der Waals surface area (Å²) in [7, 11) is 0. The molecule has 1 atom stereocenters. The van der Waals surface area contributed by atoms with Gasteiger partial charge in [0.2, 0.25) is 5.91 Å². The Bertz CT molecular complexity index is 630. The Morgan fingerprint density at radius 2 is 2.33 bits per heavy atom. The van der Waals surface area contributed by atoms with Crippen molar-refractivity contribution in [2.24, 2.45) is 0 Å². The average molecular weight is 287 g/mol. The molecule has 2 aromatic heterocycles. The largest absolute Gasteiger partial charge is 0.342 e. The van der Waals surface area contributed by atoms with E-state index in [1.807, 2.05) is 35.0 Å². The number of hydrogen-bond donors (Lipinski definition) is 1. The number of amides is 1. The van der Waals surface area contributed by atoms with E-state index in [1.165, 1.54) is 11.3 Å². The highest BCUT2D eigenvalue weighted by molar-refractivity contribution is 5.76. The first-order chi connectivity index (χ1) is 10.1. The number of aromatic amines is 1. The molecule has 0 aromatic carbocycles. The molecule has 1 fully saturated rings. The van der Waals surface area contributed by atoms with E-state index in [0.29, 0.717) is 18.9 Å². The van der Waals surface area contributed by atoms with E-state index in [1.54, 1.807) is 0 Å². The Kier molecular flexibility index (Phi) is 3.77. The minimum Gasteiger partial charge on any atom is -0.342 e. The zero-order chi connectivity index (χ0) is 14.8. The molecule has 1 saturated heterocycles. The number of rotatable bonds is 4. The van der Waals surface area contributed by atoms with Crippen LogP contribution in [0.1, 0.15) is 35.7 Å². The molecule has 3 heterocycles. The van der Waals surface area contributed by atoms with Crippen molar-refractivity contribution in [3.63, 3.8) is 0 Å². The molecule has 1 aliphatic heterocycles. The molecule has 0 aliphatic carbocycles. The maximum Gasteiger partial charge on any atom is 0.224 e. The molecule has 0 bridgehead atoms. The molecule has 2 aromatic rings. The summed E-state index contributed by atoms with van der Waals surface area (Å²) >= 11 is 0. The van der Waals surface area contributed by atoms with Crippen molar-refractivity contribution in [2.45, 2.75) is 39.2 Å². The molecule has 1 aliphatic rings. The van der Waals surface area contributed by atoms with Gasteiger partial charge in [0.25, 0.3) is 0 Å². The highest BCUT2D eigenvalue weighted by Crippen LogP contribution is 2.27. The van der Waals surface area contributed by atoms with Crippen LogP contribution in [0.25, 0.3) is 0 Å². The summed E-state index contributed by atoms with van der Waals surface area (Å²) in [6.07, 6.45) is 5.29. The highest BCUT2D eigenvalue weighted by atomic mass is 16.2. The minimum absolute atomic E-state index is 0.211. The molecule has 6 heteroatoms. The standard InChI is InChI=1S/C15H21N5O/c1-11-9-16-17-15(11)13-4-6-19(10-13)14(21)5-8-20-7-3-12(2)18-20/h3,7,9,13H,4-6,8,10H2,1-2H3,(H,16,17). The van der Waals surface area contributed by atoms with Crippen molar-refractivity contribution < 1.29 is 4.79 Å². The number of likely N-dealkylation sites (tertiary alicyclic amines) is 1. The second kappa shape index (κ2) is 5.71. The van der Waals surface area contributed by atoms with E-state index in [9.17, 15) is 4.79 Å². The van der Waals surface area contributed by atoms with Crippen LogP contribution in [0.5, 0.6) is 0 Å². The molecule has 3 rings (SSSR count). The van der Waals surface area contributed by atoms with Crippen molar-refractivity contribution in [1.82, 2.24) is 24.9 Å². The van der Waals surface area contributed by atoms with Crippen LogP contribution in [0.15, 0.2) is 18.5 Å². The normalized spacial score (nSPS) is 18.4. The van der Waals surface area contributed by atoms with E-state index in [-0.39, 0.29) is 5.91 Å². The van der Waals surface area contributed by atoms with Crippen LogP contribution >= 0.6 is 0 Å². The third kappa shape index (κ3) is 2.99. The molecular formula is C15H21N5O. The molecule has 1 amide bonds. The Morgan fingerprint density at radius 3 is 3.00 bits per heavy atom. The van der Waals surface area contributed by atoms with Gasteiger partial charge in [0.15, 0.2) is 0 Å². The average Bonchev–Trinajstić information content (AvgIpc) is 3.16. The van der Waals surface area contributed by atoms with Gasteiger partial charge in [-0.1, -0.05) is 0 Å². The van der Waals surface area contributed by atoms with E-state index in [4.69, 9.17) is 0 Å². The third-order valence-electron chi connectivity index (χ3n) is 4.15. The number of carbonyl (C=O) groups is 1. The van der Waals surface area contributed by atoms with E-state index in [2.05, 4.69) is 22.2 Å². The fourth-order valence-electron chi connectivity index (χ4n) is 2.95. The topological polar surface area (TPSA) is 66.8 Å². The van der Waals surface area contributed by atoms with Crippen molar-refractivity contribution >= 4 is 5.91 Å². The zero-order valence-electron chi connectivity index (χ0n) is 12.5. The first-order valence-corrected chi connectivity index (χ1v) is 7.41. The second-order valence-corrected chi connectivity index (χ2v) is 5.76. The fraction of sp³-hybridized carbons (Fsp3) is 0.533. The SMILES string of the molecule is Cc1ccn(CCC(=O)N2CCC(c3[nH]ncc3C)C2)n1. The van der Waals surface area contributed by atoms with Crippen molar-refractivity contribution in [3.05, 3.63) is 35.4 Å². The van der Waals surface area contributed by atoms with Gasteiger partial charge in [-0.3, -0.25) is 14.6 Å². The number of carbonyl (C=O) groups excluding carboxylic acids is 1. The molecule has 112 valence electrons. The Hall–Kier alpha value is -2.11. The highest BCUT2D eigenvalue weighted by Gasteiger charge is 2.28. The van der Waals surface area contributed by atoms with Gasteiger partial charge in [-0.25, -0.2) is 0 Å². The molecule has 0 spiro atoms. The van der Waals surface area contributed by atoms with Crippen molar-refractivity contribution in [1.29, 1.82) is 0 Å².